The van der Waals surface area contributed by atoms with Crippen LogP contribution in [-0.4, -0.2) is 26.4 Å². The fraction of sp³-hybridized carbons (Fsp3) is 0.455. The van der Waals surface area contributed by atoms with Crippen molar-refractivity contribution in [2.45, 2.75) is 32.7 Å². The Hall–Kier alpha value is -1.56. The number of nitrogens with zero attached hydrogens (tertiary/aromatic N) is 2. The fourth-order valence-electron chi connectivity index (χ4n) is 1.15. The molecule has 0 aliphatic carbocycles. The van der Waals surface area contributed by atoms with Gasteiger partial charge in [0, 0.05) is 6.20 Å². The SMILES string of the molecule is CCC(C)(NC(=O)c1cnc(C)cn1)C(N)=S. The second-order valence-electron chi connectivity index (χ2n) is 4.05. The van der Waals surface area contributed by atoms with Crippen molar-refractivity contribution in [2.75, 3.05) is 0 Å². The van der Waals surface area contributed by atoms with Crippen LogP contribution in [0.4, 0.5) is 0 Å². The fourth-order valence-corrected chi connectivity index (χ4v) is 1.34. The topological polar surface area (TPSA) is 80.9 Å². The summed E-state index contributed by atoms with van der Waals surface area (Å²) in [5.74, 6) is -0.324. The van der Waals surface area contributed by atoms with Gasteiger partial charge in [-0.05, 0) is 20.3 Å². The molecule has 1 unspecified atom stereocenters. The highest BCUT2D eigenvalue weighted by molar-refractivity contribution is 7.80. The smallest absolute Gasteiger partial charge is 0.272 e. The lowest BCUT2D eigenvalue weighted by Crippen LogP contribution is -2.54. The molecule has 1 atom stereocenters. The Kier molecular flexibility index (Phi) is 4.11. The Morgan fingerprint density at radius 2 is 2.18 bits per heavy atom. The summed E-state index contributed by atoms with van der Waals surface area (Å²) in [7, 11) is 0. The highest BCUT2D eigenvalue weighted by Crippen LogP contribution is 2.10. The maximum Gasteiger partial charge on any atom is 0.272 e. The van der Waals surface area contributed by atoms with Crippen LogP contribution in [-0.2, 0) is 0 Å². The zero-order valence-corrected chi connectivity index (χ0v) is 11.0. The number of hydrogen-bond acceptors (Lipinski definition) is 4. The number of amides is 1. The first-order valence-corrected chi connectivity index (χ1v) is 5.71. The number of aromatic nitrogens is 2. The van der Waals surface area contributed by atoms with Gasteiger partial charge in [0.15, 0.2) is 0 Å². The molecule has 1 amide bonds. The maximum absolute atomic E-state index is 11.9. The lowest BCUT2D eigenvalue weighted by atomic mass is 9.99. The van der Waals surface area contributed by atoms with Crippen LogP contribution in [0.5, 0.6) is 0 Å². The molecule has 1 rings (SSSR count). The van der Waals surface area contributed by atoms with Gasteiger partial charge in [-0.15, -0.1) is 0 Å². The number of carbonyl (C=O) groups is 1. The van der Waals surface area contributed by atoms with Crippen molar-refractivity contribution in [1.29, 1.82) is 0 Å². The lowest BCUT2D eigenvalue weighted by Gasteiger charge is -2.27. The van der Waals surface area contributed by atoms with Crippen LogP contribution in [0.2, 0.25) is 0 Å². The average Bonchev–Trinajstić information content (AvgIpc) is 2.29. The molecular weight excluding hydrogens is 236 g/mol. The molecule has 3 N–H and O–H groups in total. The van der Waals surface area contributed by atoms with Crippen LogP contribution in [0.1, 0.15) is 36.5 Å². The summed E-state index contributed by atoms with van der Waals surface area (Å²) < 4.78 is 0. The van der Waals surface area contributed by atoms with Crippen molar-refractivity contribution >= 4 is 23.1 Å². The molecule has 1 aromatic heterocycles. The number of rotatable bonds is 4. The van der Waals surface area contributed by atoms with E-state index in [1.807, 2.05) is 6.92 Å². The van der Waals surface area contributed by atoms with Gasteiger partial charge in [-0.3, -0.25) is 9.78 Å². The Balaban J connectivity index is 2.85. The van der Waals surface area contributed by atoms with E-state index in [9.17, 15) is 4.79 Å². The first kappa shape index (κ1) is 13.5. The number of aryl methyl sites for hydroxylation is 1. The molecule has 0 saturated heterocycles. The second kappa shape index (κ2) is 5.18. The minimum atomic E-state index is -0.695. The minimum Gasteiger partial charge on any atom is -0.391 e. The number of thiocarbonyl (C=S) groups is 1. The maximum atomic E-state index is 11.9. The highest BCUT2D eigenvalue weighted by atomic mass is 32.1. The van der Waals surface area contributed by atoms with Crippen molar-refractivity contribution < 1.29 is 4.79 Å². The molecule has 0 bridgehead atoms. The summed E-state index contributed by atoms with van der Waals surface area (Å²) in [5, 5.41) is 2.77. The molecule has 5 nitrogen and oxygen atoms in total. The quantitative estimate of drug-likeness (QED) is 0.780. The number of hydrogen-bond donors (Lipinski definition) is 2. The van der Waals surface area contributed by atoms with Gasteiger partial charge in [0.2, 0.25) is 0 Å². The normalized spacial score (nSPS) is 13.8. The molecule has 6 heteroatoms. The van der Waals surface area contributed by atoms with E-state index >= 15 is 0 Å². The third-order valence-corrected chi connectivity index (χ3v) is 3.10. The van der Waals surface area contributed by atoms with E-state index in [0.717, 1.165) is 5.69 Å². The Bertz CT molecular complexity index is 432. The summed E-state index contributed by atoms with van der Waals surface area (Å²) in [6.45, 7) is 5.50. The molecule has 0 aliphatic rings. The van der Waals surface area contributed by atoms with Crippen LogP contribution in [0, 0.1) is 6.92 Å². The predicted octanol–water partition coefficient (Wildman–Crippen LogP) is 0.970. The van der Waals surface area contributed by atoms with Gasteiger partial charge in [0.1, 0.15) is 5.69 Å². The molecule has 0 radical (unpaired) electrons. The van der Waals surface area contributed by atoms with Gasteiger partial charge in [-0.25, -0.2) is 4.98 Å². The Morgan fingerprint density at radius 1 is 1.53 bits per heavy atom. The Morgan fingerprint density at radius 3 is 2.59 bits per heavy atom. The average molecular weight is 252 g/mol. The van der Waals surface area contributed by atoms with Gasteiger partial charge in [-0.2, -0.15) is 0 Å². The number of nitrogens with one attached hydrogen (secondary N) is 1. The van der Waals surface area contributed by atoms with E-state index in [2.05, 4.69) is 15.3 Å². The van der Waals surface area contributed by atoms with Crippen LogP contribution in [0.25, 0.3) is 0 Å². The monoisotopic (exact) mass is 252 g/mol. The van der Waals surface area contributed by atoms with E-state index < -0.39 is 5.54 Å². The molecule has 0 fully saturated rings. The molecule has 1 aromatic rings. The van der Waals surface area contributed by atoms with E-state index in [-0.39, 0.29) is 16.6 Å². The van der Waals surface area contributed by atoms with E-state index in [1.165, 1.54) is 6.20 Å². The molecule has 0 saturated carbocycles. The third-order valence-electron chi connectivity index (χ3n) is 2.65. The zero-order valence-electron chi connectivity index (χ0n) is 10.2. The number of nitrogens with two attached hydrogens (primary N) is 1. The zero-order chi connectivity index (χ0) is 13.1. The largest absolute Gasteiger partial charge is 0.391 e. The standard InChI is InChI=1S/C11H16N4OS/c1-4-11(3,10(12)17)15-9(16)8-6-13-7(2)5-14-8/h5-6H,4H2,1-3H3,(H2,12,17)(H,15,16). The molecule has 0 spiro atoms. The molecular formula is C11H16N4OS. The van der Waals surface area contributed by atoms with E-state index in [4.69, 9.17) is 18.0 Å². The minimum absolute atomic E-state index is 0.256. The predicted molar refractivity (Wildman–Crippen MR) is 69.7 cm³/mol. The van der Waals surface area contributed by atoms with E-state index in [1.54, 1.807) is 20.0 Å². The van der Waals surface area contributed by atoms with Gasteiger partial charge in [-0.1, -0.05) is 19.1 Å². The summed E-state index contributed by atoms with van der Waals surface area (Å²) >= 11 is 4.95. The van der Waals surface area contributed by atoms with Crippen molar-refractivity contribution in [3.63, 3.8) is 0 Å². The van der Waals surface area contributed by atoms with Crippen molar-refractivity contribution in [1.82, 2.24) is 15.3 Å². The number of carbonyl (C=O) groups excluding carboxylic acids is 1. The highest BCUT2D eigenvalue weighted by Gasteiger charge is 2.28. The summed E-state index contributed by atoms with van der Waals surface area (Å²) in [4.78, 5) is 20.2. The van der Waals surface area contributed by atoms with Crippen LogP contribution in [0.15, 0.2) is 12.4 Å². The van der Waals surface area contributed by atoms with Gasteiger partial charge in [0.05, 0.1) is 22.4 Å². The first-order chi connectivity index (χ1) is 7.89. The van der Waals surface area contributed by atoms with Crippen molar-refractivity contribution in [3.8, 4) is 0 Å². The molecule has 92 valence electrons. The Labute approximate surface area is 106 Å². The third kappa shape index (κ3) is 3.20. The molecule has 0 aliphatic heterocycles. The van der Waals surface area contributed by atoms with Crippen molar-refractivity contribution in [3.05, 3.63) is 23.8 Å². The summed E-state index contributed by atoms with van der Waals surface area (Å²) in [6, 6.07) is 0. The van der Waals surface area contributed by atoms with Gasteiger partial charge < -0.3 is 11.1 Å². The van der Waals surface area contributed by atoms with Crippen LogP contribution in [0.3, 0.4) is 0 Å². The lowest BCUT2D eigenvalue weighted by molar-refractivity contribution is 0.0921. The van der Waals surface area contributed by atoms with Crippen LogP contribution < -0.4 is 11.1 Å². The molecule has 1 heterocycles. The first-order valence-electron chi connectivity index (χ1n) is 5.30. The summed E-state index contributed by atoms with van der Waals surface area (Å²) in [5.41, 5.74) is 5.93. The van der Waals surface area contributed by atoms with Gasteiger partial charge in [0.25, 0.3) is 5.91 Å². The summed E-state index contributed by atoms with van der Waals surface area (Å²) in [6.07, 6.45) is 3.59. The van der Waals surface area contributed by atoms with Crippen LogP contribution >= 0.6 is 12.2 Å². The van der Waals surface area contributed by atoms with E-state index in [0.29, 0.717) is 6.42 Å². The van der Waals surface area contributed by atoms with Crippen molar-refractivity contribution in [2.24, 2.45) is 5.73 Å². The molecule has 0 aromatic carbocycles. The second-order valence-corrected chi connectivity index (χ2v) is 4.49. The van der Waals surface area contributed by atoms with Gasteiger partial charge >= 0.3 is 0 Å². The molecule has 17 heavy (non-hydrogen) atoms.